The molecule has 1 fully saturated rings. The van der Waals surface area contributed by atoms with E-state index in [0.29, 0.717) is 23.6 Å². The number of nitrogens with zero attached hydrogens (tertiary/aromatic N) is 5. The molecule has 4 heterocycles. The van der Waals surface area contributed by atoms with Crippen LogP contribution in [0.25, 0.3) is 5.82 Å². The van der Waals surface area contributed by atoms with Crippen molar-refractivity contribution < 1.29 is 9.53 Å². The summed E-state index contributed by atoms with van der Waals surface area (Å²) < 4.78 is 6.88. The largest absolute Gasteiger partial charge is 0.457 e. The molecule has 0 radical (unpaired) electrons. The lowest BCUT2D eigenvalue weighted by atomic mass is 9.99. The van der Waals surface area contributed by atoms with E-state index in [4.69, 9.17) is 10.00 Å². The average Bonchev–Trinajstić information content (AvgIpc) is 3.40. The maximum atomic E-state index is 11.7. The Kier molecular flexibility index (Phi) is 4.98. The van der Waals surface area contributed by atoms with Crippen LogP contribution in [0.2, 0.25) is 0 Å². The minimum Gasteiger partial charge on any atom is -0.457 e. The lowest BCUT2D eigenvalue weighted by Crippen LogP contribution is -2.45. The molecule has 1 unspecified atom stereocenters. The van der Waals surface area contributed by atoms with Gasteiger partial charge in [0, 0.05) is 55.7 Å². The predicted octanol–water partition coefficient (Wildman–Crippen LogP) is 2.26. The summed E-state index contributed by atoms with van der Waals surface area (Å²) in [6.45, 7) is 5.76. The number of nitriles is 1. The molecule has 8 heteroatoms. The van der Waals surface area contributed by atoms with Crippen molar-refractivity contribution >= 4 is 5.97 Å². The van der Waals surface area contributed by atoms with Crippen molar-refractivity contribution in [2.75, 3.05) is 19.6 Å². The van der Waals surface area contributed by atoms with Crippen LogP contribution in [0.1, 0.15) is 44.2 Å². The van der Waals surface area contributed by atoms with Gasteiger partial charge >= 0.3 is 5.97 Å². The van der Waals surface area contributed by atoms with E-state index in [1.54, 1.807) is 10.9 Å². The first-order chi connectivity index (χ1) is 15.1. The molecule has 5 rings (SSSR count). The first kappa shape index (κ1) is 19.4. The number of ether oxygens (including phenoxy) is 1. The molecule has 156 valence electrons. The van der Waals surface area contributed by atoms with Crippen molar-refractivity contribution in [3.63, 3.8) is 0 Å². The number of cyclic esters (lactones) is 1. The first-order valence-corrected chi connectivity index (χ1v) is 10.3. The van der Waals surface area contributed by atoms with E-state index in [2.05, 4.69) is 32.4 Å². The van der Waals surface area contributed by atoms with Gasteiger partial charge in [-0.1, -0.05) is 6.07 Å². The Labute approximate surface area is 180 Å². The molecule has 1 N–H and O–H groups in total. The Bertz CT molecular complexity index is 1200. The Hall–Kier alpha value is -3.54. The molecule has 0 bridgehead atoms. The number of carbonyl (C=O) groups is 1. The second kappa shape index (κ2) is 7.95. The molecular formula is C23H22N6O2. The third kappa shape index (κ3) is 3.81. The maximum Gasteiger partial charge on any atom is 0.338 e. The van der Waals surface area contributed by atoms with E-state index in [9.17, 15) is 4.79 Å². The number of pyridine rings is 1. The number of aryl methyl sites for hydroxylation is 1. The lowest BCUT2D eigenvalue weighted by molar-refractivity contribution is 0.0535. The Morgan fingerprint density at radius 2 is 2.23 bits per heavy atom. The predicted molar refractivity (Wildman–Crippen MR) is 112 cm³/mol. The van der Waals surface area contributed by atoms with Gasteiger partial charge in [-0.25, -0.2) is 14.5 Å². The van der Waals surface area contributed by atoms with E-state index in [0.717, 1.165) is 42.9 Å². The summed E-state index contributed by atoms with van der Waals surface area (Å²) in [5, 5.41) is 17.1. The van der Waals surface area contributed by atoms with Gasteiger partial charge in [0.1, 0.15) is 12.7 Å². The fraction of sp³-hybridized carbons (Fsp3) is 0.304. The van der Waals surface area contributed by atoms with E-state index in [1.807, 2.05) is 37.5 Å². The number of esters is 1. The maximum absolute atomic E-state index is 11.7. The van der Waals surface area contributed by atoms with Crippen molar-refractivity contribution in [3.8, 4) is 11.9 Å². The number of piperazine rings is 1. The normalized spacial score (nSPS) is 18.5. The van der Waals surface area contributed by atoms with E-state index in [1.165, 1.54) is 5.56 Å². The number of benzene rings is 1. The highest BCUT2D eigenvalue weighted by Gasteiger charge is 2.25. The number of aromatic nitrogens is 3. The zero-order chi connectivity index (χ0) is 21.4. The number of hydrogen-bond donors (Lipinski definition) is 1. The first-order valence-electron chi connectivity index (χ1n) is 10.3. The highest BCUT2D eigenvalue weighted by molar-refractivity contribution is 5.93. The Morgan fingerprint density at radius 1 is 1.32 bits per heavy atom. The minimum absolute atomic E-state index is 0.202. The van der Waals surface area contributed by atoms with Gasteiger partial charge < -0.3 is 10.1 Å². The van der Waals surface area contributed by atoms with Crippen molar-refractivity contribution in [2.24, 2.45) is 0 Å². The van der Waals surface area contributed by atoms with Gasteiger partial charge in [0.05, 0.1) is 17.3 Å². The quantitative estimate of drug-likeness (QED) is 0.654. The molecule has 0 saturated carbocycles. The summed E-state index contributed by atoms with van der Waals surface area (Å²) in [6, 6.07) is 10.2. The molecule has 2 aromatic heterocycles. The van der Waals surface area contributed by atoms with Crippen molar-refractivity contribution in [1.82, 2.24) is 25.0 Å². The fourth-order valence-corrected chi connectivity index (χ4v) is 4.16. The molecule has 0 spiro atoms. The number of fused-ring (bicyclic) bond motifs is 1. The van der Waals surface area contributed by atoms with Crippen LogP contribution in [-0.4, -0.2) is 45.3 Å². The van der Waals surface area contributed by atoms with Gasteiger partial charge in [0.25, 0.3) is 0 Å². The van der Waals surface area contributed by atoms with Crippen LogP contribution in [0.3, 0.4) is 0 Å². The molecule has 2 aliphatic rings. The summed E-state index contributed by atoms with van der Waals surface area (Å²) in [7, 11) is 0. The second-order valence-corrected chi connectivity index (χ2v) is 8.00. The van der Waals surface area contributed by atoms with Crippen LogP contribution in [0.5, 0.6) is 0 Å². The summed E-state index contributed by atoms with van der Waals surface area (Å²) in [4.78, 5) is 18.4. The summed E-state index contributed by atoms with van der Waals surface area (Å²) >= 11 is 0. The topological polar surface area (TPSA) is 96.1 Å². The van der Waals surface area contributed by atoms with Crippen LogP contribution in [0.15, 0.2) is 42.9 Å². The molecular weight excluding hydrogens is 392 g/mol. The molecule has 1 aromatic carbocycles. The molecule has 31 heavy (non-hydrogen) atoms. The second-order valence-electron chi connectivity index (χ2n) is 8.00. The Balaban J connectivity index is 1.28. The fourth-order valence-electron chi connectivity index (χ4n) is 4.16. The standard InChI is InChI=1S/C23H22N6O2/c1-15-6-22(26-10-19(15)8-24)29-12-16(9-27-29)11-28-5-4-25-21(13-28)17-2-3-20-18(7-17)14-31-23(20)30/h2-3,6-7,9-10,12,21,25H,4-5,11,13-14H2,1H3. The van der Waals surface area contributed by atoms with E-state index < -0.39 is 0 Å². The summed E-state index contributed by atoms with van der Waals surface area (Å²) in [5.41, 5.74) is 5.39. The molecule has 0 amide bonds. The van der Waals surface area contributed by atoms with Crippen molar-refractivity contribution in [3.05, 3.63) is 76.2 Å². The number of hydrogen-bond acceptors (Lipinski definition) is 7. The van der Waals surface area contributed by atoms with Crippen LogP contribution >= 0.6 is 0 Å². The van der Waals surface area contributed by atoms with Gasteiger partial charge in [-0.2, -0.15) is 10.4 Å². The van der Waals surface area contributed by atoms with Gasteiger partial charge in [0.15, 0.2) is 5.82 Å². The van der Waals surface area contributed by atoms with Gasteiger partial charge in [-0.05, 0) is 36.2 Å². The summed E-state index contributed by atoms with van der Waals surface area (Å²) in [6.07, 6.45) is 5.44. The van der Waals surface area contributed by atoms with Gasteiger partial charge in [-0.3, -0.25) is 4.90 Å². The number of carbonyl (C=O) groups excluding carboxylic acids is 1. The van der Waals surface area contributed by atoms with Gasteiger partial charge in [-0.15, -0.1) is 0 Å². The smallest absolute Gasteiger partial charge is 0.338 e. The molecule has 8 nitrogen and oxygen atoms in total. The lowest BCUT2D eigenvalue weighted by Gasteiger charge is -2.33. The van der Waals surface area contributed by atoms with Crippen molar-refractivity contribution in [1.29, 1.82) is 5.26 Å². The highest BCUT2D eigenvalue weighted by Crippen LogP contribution is 2.26. The SMILES string of the molecule is Cc1cc(-n2cc(CN3CCNC(c4ccc5c(c4)COC5=O)C3)cn2)ncc1C#N. The van der Waals surface area contributed by atoms with Crippen LogP contribution in [0, 0.1) is 18.3 Å². The third-order valence-electron chi connectivity index (χ3n) is 5.86. The van der Waals surface area contributed by atoms with Crippen LogP contribution < -0.4 is 5.32 Å². The van der Waals surface area contributed by atoms with Crippen LogP contribution in [0.4, 0.5) is 0 Å². The van der Waals surface area contributed by atoms with E-state index in [-0.39, 0.29) is 12.0 Å². The number of nitrogens with one attached hydrogen (secondary N) is 1. The molecule has 0 aliphatic carbocycles. The van der Waals surface area contributed by atoms with Crippen molar-refractivity contribution in [2.45, 2.75) is 26.1 Å². The molecule has 1 atom stereocenters. The average molecular weight is 414 g/mol. The minimum atomic E-state index is -0.233. The van der Waals surface area contributed by atoms with E-state index >= 15 is 0 Å². The highest BCUT2D eigenvalue weighted by atomic mass is 16.5. The summed E-state index contributed by atoms with van der Waals surface area (Å²) in [5.74, 6) is 0.472. The molecule has 2 aliphatic heterocycles. The molecule has 1 saturated heterocycles. The Morgan fingerprint density at radius 3 is 3.06 bits per heavy atom. The monoisotopic (exact) mass is 414 g/mol. The molecule has 3 aromatic rings. The van der Waals surface area contributed by atoms with Gasteiger partial charge in [0.2, 0.25) is 0 Å². The zero-order valence-corrected chi connectivity index (χ0v) is 17.2. The third-order valence-corrected chi connectivity index (χ3v) is 5.86. The zero-order valence-electron chi connectivity index (χ0n) is 17.2. The van der Waals surface area contributed by atoms with Crippen LogP contribution in [-0.2, 0) is 17.9 Å². The number of rotatable bonds is 4.